The maximum Gasteiger partial charge on any atom is 0.251 e. The Balaban J connectivity index is 1.41. The molecule has 7 nitrogen and oxygen atoms in total. The van der Waals surface area contributed by atoms with Gasteiger partial charge in [-0.05, 0) is 43.3 Å². The van der Waals surface area contributed by atoms with Crippen molar-refractivity contribution in [1.82, 2.24) is 15.5 Å². The van der Waals surface area contributed by atoms with Crippen molar-refractivity contribution in [2.24, 2.45) is 4.99 Å². The molecule has 30 heavy (non-hydrogen) atoms. The molecule has 0 bridgehead atoms. The van der Waals surface area contributed by atoms with Crippen molar-refractivity contribution < 1.29 is 9.53 Å². The van der Waals surface area contributed by atoms with E-state index in [2.05, 4.69) is 37.6 Å². The fraction of sp³-hybridized carbons (Fsp3) is 0.391. The van der Waals surface area contributed by atoms with Crippen molar-refractivity contribution in [3.63, 3.8) is 0 Å². The van der Waals surface area contributed by atoms with Crippen LogP contribution in [0.25, 0.3) is 0 Å². The molecule has 0 unspecified atom stereocenters. The quantitative estimate of drug-likeness (QED) is 0.435. The minimum atomic E-state index is -0.0522. The van der Waals surface area contributed by atoms with E-state index in [1.54, 1.807) is 14.2 Å². The zero-order valence-electron chi connectivity index (χ0n) is 18.0. The van der Waals surface area contributed by atoms with Crippen molar-refractivity contribution in [1.29, 1.82) is 0 Å². The first kappa shape index (κ1) is 21.5. The predicted molar refractivity (Wildman–Crippen MR) is 122 cm³/mol. The van der Waals surface area contributed by atoms with Crippen LogP contribution in [0.2, 0.25) is 0 Å². The number of guanidine groups is 1. The second-order valence-corrected chi connectivity index (χ2v) is 7.27. The van der Waals surface area contributed by atoms with Gasteiger partial charge in [-0.3, -0.25) is 9.79 Å². The van der Waals surface area contributed by atoms with Crippen LogP contribution >= 0.6 is 0 Å². The Labute approximate surface area is 178 Å². The Morgan fingerprint density at radius 1 is 1.03 bits per heavy atom. The summed E-state index contributed by atoms with van der Waals surface area (Å²) in [5.74, 6) is 1.69. The van der Waals surface area contributed by atoms with Crippen molar-refractivity contribution in [2.75, 3.05) is 58.3 Å². The molecule has 0 atom stereocenters. The lowest BCUT2D eigenvalue weighted by atomic mass is 10.1. The molecule has 3 rings (SSSR count). The third kappa shape index (κ3) is 5.65. The molecular weight excluding hydrogens is 378 g/mol. The average Bonchev–Trinajstić information content (AvgIpc) is 2.79. The van der Waals surface area contributed by atoms with E-state index in [-0.39, 0.29) is 5.91 Å². The zero-order valence-corrected chi connectivity index (χ0v) is 18.0. The molecule has 1 saturated heterocycles. The Morgan fingerprint density at radius 2 is 1.73 bits per heavy atom. The standard InChI is InChI=1S/C23H31N5O2/c1-18-5-4-6-19(17-18)22(29)25-11-12-26-23(24-2)28-15-13-27(14-16-28)20-7-9-21(30-3)10-8-20/h4-10,17H,11-16H2,1-3H3,(H,24,26)(H,25,29). The fourth-order valence-corrected chi connectivity index (χ4v) is 3.54. The first-order valence-corrected chi connectivity index (χ1v) is 10.3. The van der Waals surface area contributed by atoms with Crippen molar-refractivity contribution in [3.05, 3.63) is 59.7 Å². The second-order valence-electron chi connectivity index (χ2n) is 7.27. The second kappa shape index (κ2) is 10.5. The van der Waals surface area contributed by atoms with Crippen molar-refractivity contribution in [3.8, 4) is 5.75 Å². The number of anilines is 1. The Morgan fingerprint density at radius 3 is 2.37 bits per heavy atom. The monoisotopic (exact) mass is 409 g/mol. The van der Waals surface area contributed by atoms with Crippen LogP contribution in [0, 0.1) is 6.92 Å². The largest absolute Gasteiger partial charge is 0.497 e. The number of aryl methyl sites for hydroxylation is 1. The van der Waals surface area contributed by atoms with Crippen LogP contribution in [0.5, 0.6) is 5.75 Å². The van der Waals surface area contributed by atoms with Gasteiger partial charge in [0, 0.05) is 57.6 Å². The minimum Gasteiger partial charge on any atom is -0.497 e. The van der Waals surface area contributed by atoms with E-state index in [0.717, 1.165) is 43.5 Å². The number of methoxy groups -OCH3 is 1. The molecule has 1 aliphatic rings. The molecule has 7 heteroatoms. The van der Waals surface area contributed by atoms with Gasteiger partial charge in [-0.2, -0.15) is 0 Å². The molecule has 0 radical (unpaired) electrons. The van der Waals surface area contributed by atoms with Gasteiger partial charge in [0.1, 0.15) is 5.75 Å². The molecule has 2 aromatic rings. The van der Waals surface area contributed by atoms with Gasteiger partial charge in [-0.1, -0.05) is 17.7 Å². The van der Waals surface area contributed by atoms with E-state index in [4.69, 9.17) is 4.74 Å². The zero-order chi connectivity index (χ0) is 21.3. The smallest absolute Gasteiger partial charge is 0.251 e. The Kier molecular flexibility index (Phi) is 7.54. The van der Waals surface area contributed by atoms with Crippen LogP contribution < -0.4 is 20.3 Å². The number of nitrogens with zero attached hydrogens (tertiary/aromatic N) is 3. The molecule has 2 N–H and O–H groups in total. The molecule has 0 saturated carbocycles. The maximum absolute atomic E-state index is 12.2. The van der Waals surface area contributed by atoms with Crippen LogP contribution in [0.1, 0.15) is 15.9 Å². The van der Waals surface area contributed by atoms with E-state index >= 15 is 0 Å². The first-order valence-electron chi connectivity index (χ1n) is 10.3. The van der Waals surface area contributed by atoms with Crippen molar-refractivity contribution >= 4 is 17.6 Å². The highest BCUT2D eigenvalue weighted by Gasteiger charge is 2.19. The highest BCUT2D eigenvalue weighted by atomic mass is 16.5. The summed E-state index contributed by atoms with van der Waals surface area (Å²) in [6.07, 6.45) is 0. The Bertz CT molecular complexity index is 858. The van der Waals surface area contributed by atoms with Gasteiger partial charge in [0.15, 0.2) is 5.96 Å². The number of benzene rings is 2. The number of carbonyl (C=O) groups excluding carboxylic acids is 1. The van der Waals surface area contributed by atoms with E-state index in [0.29, 0.717) is 18.7 Å². The van der Waals surface area contributed by atoms with Crippen LogP contribution in [-0.2, 0) is 0 Å². The van der Waals surface area contributed by atoms with E-state index in [1.165, 1.54) is 5.69 Å². The van der Waals surface area contributed by atoms with Gasteiger partial charge >= 0.3 is 0 Å². The SMILES string of the molecule is CN=C(NCCNC(=O)c1cccc(C)c1)N1CCN(c2ccc(OC)cc2)CC1. The topological polar surface area (TPSA) is 69.2 Å². The number of hydrogen-bond donors (Lipinski definition) is 2. The molecule has 1 heterocycles. The lowest BCUT2D eigenvalue weighted by Gasteiger charge is -2.37. The summed E-state index contributed by atoms with van der Waals surface area (Å²) < 4.78 is 5.23. The van der Waals surface area contributed by atoms with E-state index in [1.807, 2.05) is 43.3 Å². The number of rotatable bonds is 6. The van der Waals surface area contributed by atoms with Crippen molar-refractivity contribution in [2.45, 2.75) is 6.92 Å². The molecule has 1 aliphatic heterocycles. The normalized spacial score (nSPS) is 14.4. The number of aliphatic imine (C=N–C) groups is 1. The summed E-state index contributed by atoms with van der Waals surface area (Å²) in [4.78, 5) is 21.3. The number of hydrogen-bond acceptors (Lipinski definition) is 4. The molecule has 0 aromatic heterocycles. The van der Waals surface area contributed by atoms with Gasteiger partial charge in [0.05, 0.1) is 7.11 Å². The summed E-state index contributed by atoms with van der Waals surface area (Å²) in [6, 6.07) is 15.8. The number of amides is 1. The summed E-state index contributed by atoms with van der Waals surface area (Å²) in [6.45, 7) is 6.79. The van der Waals surface area contributed by atoms with Gasteiger partial charge in [-0.25, -0.2) is 0 Å². The minimum absolute atomic E-state index is 0.0522. The number of ether oxygens (including phenoxy) is 1. The average molecular weight is 410 g/mol. The predicted octanol–water partition coefficient (Wildman–Crippen LogP) is 2.13. The van der Waals surface area contributed by atoms with Crippen LogP contribution in [0.4, 0.5) is 5.69 Å². The number of piperazine rings is 1. The van der Waals surface area contributed by atoms with Crippen LogP contribution in [-0.4, -0.2) is 70.2 Å². The number of nitrogens with one attached hydrogen (secondary N) is 2. The third-order valence-corrected chi connectivity index (χ3v) is 5.20. The molecule has 160 valence electrons. The van der Waals surface area contributed by atoms with Crippen LogP contribution in [0.3, 0.4) is 0 Å². The molecule has 2 aromatic carbocycles. The van der Waals surface area contributed by atoms with Gasteiger partial charge in [0.2, 0.25) is 0 Å². The summed E-state index contributed by atoms with van der Waals surface area (Å²) in [5.41, 5.74) is 2.97. The third-order valence-electron chi connectivity index (χ3n) is 5.20. The summed E-state index contributed by atoms with van der Waals surface area (Å²) in [7, 11) is 3.48. The number of carbonyl (C=O) groups is 1. The summed E-state index contributed by atoms with van der Waals surface area (Å²) >= 11 is 0. The molecule has 0 aliphatic carbocycles. The Hall–Kier alpha value is -3.22. The lowest BCUT2D eigenvalue weighted by Crippen LogP contribution is -2.53. The van der Waals surface area contributed by atoms with Gasteiger partial charge in [0.25, 0.3) is 5.91 Å². The first-order chi connectivity index (χ1) is 14.6. The molecular formula is C23H31N5O2. The van der Waals surface area contributed by atoms with Gasteiger partial charge < -0.3 is 25.2 Å². The molecule has 0 spiro atoms. The van der Waals surface area contributed by atoms with Gasteiger partial charge in [-0.15, -0.1) is 0 Å². The maximum atomic E-state index is 12.2. The highest BCUT2D eigenvalue weighted by Crippen LogP contribution is 2.20. The molecule has 1 amide bonds. The van der Waals surface area contributed by atoms with Crippen LogP contribution in [0.15, 0.2) is 53.5 Å². The van der Waals surface area contributed by atoms with E-state index < -0.39 is 0 Å². The fourth-order valence-electron chi connectivity index (χ4n) is 3.54. The van der Waals surface area contributed by atoms with E-state index in [9.17, 15) is 4.79 Å². The lowest BCUT2D eigenvalue weighted by molar-refractivity contribution is 0.0954. The summed E-state index contributed by atoms with van der Waals surface area (Å²) in [5, 5.41) is 6.31. The molecule has 1 fully saturated rings. The highest BCUT2D eigenvalue weighted by molar-refractivity contribution is 5.94.